The van der Waals surface area contributed by atoms with Crippen LogP contribution in [0.1, 0.15) is 22.3 Å². The lowest BCUT2D eigenvalue weighted by Gasteiger charge is -2.14. The molecule has 29 heavy (non-hydrogen) atoms. The second-order valence-electron chi connectivity index (χ2n) is 6.98. The van der Waals surface area contributed by atoms with Gasteiger partial charge in [0.15, 0.2) is 0 Å². The maximum atomic E-state index is 13.5. The van der Waals surface area contributed by atoms with E-state index in [4.69, 9.17) is 11.6 Å². The zero-order chi connectivity index (χ0) is 20.5. The molecule has 1 amide bonds. The van der Waals surface area contributed by atoms with Crippen molar-refractivity contribution >= 4 is 28.4 Å². The van der Waals surface area contributed by atoms with Gasteiger partial charge in [-0.3, -0.25) is 19.1 Å². The maximum Gasteiger partial charge on any atom is 0.329 e. The maximum absolute atomic E-state index is 13.5. The summed E-state index contributed by atoms with van der Waals surface area (Å²) >= 11 is 6.21. The monoisotopic (exact) mass is 416 g/mol. The summed E-state index contributed by atoms with van der Waals surface area (Å²) in [6.45, 7) is 1.64. The van der Waals surface area contributed by atoms with Crippen LogP contribution in [0.5, 0.6) is 0 Å². The van der Waals surface area contributed by atoms with Crippen molar-refractivity contribution in [3.63, 3.8) is 0 Å². The Labute approximate surface area is 169 Å². The summed E-state index contributed by atoms with van der Waals surface area (Å²) in [7, 11) is 0. The van der Waals surface area contributed by atoms with Gasteiger partial charge in [-0.1, -0.05) is 17.7 Å². The molecule has 1 aliphatic rings. The van der Waals surface area contributed by atoms with Gasteiger partial charge < -0.3 is 10.6 Å². The van der Waals surface area contributed by atoms with Crippen LogP contribution in [0.4, 0.5) is 4.39 Å². The molecule has 1 unspecified atom stereocenters. The number of amides is 1. The van der Waals surface area contributed by atoms with E-state index in [1.165, 1.54) is 16.7 Å². The molecule has 7 nitrogen and oxygen atoms in total. The molecule has 1 atom stereocenters. The van der Waals surface area contributed by atoms with Gasteiger partial charge in [-0.15, -0.1) is 0 Å². The first-order valence-corrected chi connectivity index (χ1v) is 9.52. The van der Waals surface area contributed by atoms with E-state index in [1.807, 2.05) is 0 Å². The number of hydrogen-bond donors (Lipinski definition) is 3. The molecule has 0 aliphatic carbocycles. The van der Waals surface area contributed by atoms with E-state index in [0.717, 1.165) is 19.0 Å². The van der Waals surface area contributed by atoms with Crippen molar-refractivity contribution in [2.24, 2.45) is 0 Å². The number of hydrogen-bond acceptors (Lipinski definition) is 4. The quantitative estimate of drug-likeness (QED) is 0.602. The Morgan fingerprint density at radius 3 is 2.83 bits per heavy atom. The normalized spacial score (nSPS) is 16.3. The number of halogens is 2. The number of fused-ring (bicyclic) bond motifs is 1. The summed E-state index contributed by atoms with van der Waals surface area (Å²) in [6.07, 6.45) is 0.846. The van der Waals surface area contributed by atoms with E-state index in [1.54, 1.807) is 18.2 Å². The van der Waals surface area contributed by atoms with Crippen molar-refractivity contribution in [1.82, 2.24) is 20.2 Å². The number of nitrogens with one attached hydrogen (secondary N) is 3. The molecule has 1 fully saturated rings. The largest absolute Gasteiger partial charge is 0.348 e. The minimum atomic E-state index is -0.651. The zero-order valence-corrected chi connectivity index (χ0v) is 16.1. The van der Waals surface area contributed by atoms with Gasteiger partial charge in [0.1, 0.15) is 5.82 Å². The minimum absolute atomic E-state index is 0.0443. The van der Waals surface area contributed by atoms with E-state index >= 15 is 0 Å². The van der Waals surface area contributed by atoms with Crippen molar-refractivity contribution in [3.05, 3.63) is 79.2 Å². The topological polar surface area (TPSA) is 96.0 Å². The van der Waals surface area contributed by atoms with Crippen molar-refractivity contribution < 1.29 is 9.18 Å². The summed E-state index contributed by atoms with van der Waals surface area (Å²) in [5.41, 5.74) is -0.0138. The molecule has 2 heterocycles. The molecular weight excluding hydrogens is 399 g/mol. The SMILES string of the molecule is O=C(NC1CCNC1)c1cc(Cn2c(=O)[nH]c(=O)c3cc(F)ccc32)ccc1Cl. The molecule has 2 aromatic carbocycles. The Hall–Kier alpha value is -2.97. The second-order valence-corrected chi connectivity index (χ2v) is 7.39. The number of carbonyl (C=O) groups excluding carboxylic acids is 1. The van der Waals surface area contributed by atoms with Crippen LogP contribution in [0.2, 0.25) is 5.02 Å². The Balaban J connectivity index is 1.69. The van der Waals surface area contributed by atoms with Crippen LogP contribution in [0, 0.1) is 5.82 Å². The Morgan fingerprint density at radius 1 is 1.24 bits per heavy atom. The van der Waals surface area contributed by atoms with Crippen LogP contribution in [-0.4, -0.2) is 34.6 Å². The van der Waals surface area contributed by atoms with Gasteiger partial charge >= 0.3 is 5.69 Å². The third-order valence-electron chi connectivity index (χ3n) is 4.97. The molecule has 1 aliphatic heterocycles. The summed E-state index contributed by atoms with van der Waals surface area (Å²) < 4.78 is 14.8. The predicted molar refractivity (Wildman–Crippen MR) is 108 cm³/mol. The van der Waals surface area contributed by atoms with Gasteiger partial charge in [-0.05, 0) is 48.9 Å². The molecule has 0 radical (unpaired) electrons. The van der Waals surface area contributed by atoms with Gasteiger partial charge in [-0.25, -0.2) is 9.18 Å². The standard InChI is InChI=1S/C20H18ClFN4O3/c21-16-3-1-11(7-14(16)18(27)24-13-5-6-23-9-13)10-26-17-4-2-12(22)8-15(17)19(28)25-20(26)29/h1-4,7-8,13,23H,5-6,9-10H2,(H,24,27)(H,25,28,29). The first kappa shape index (κ1) is 19.4. The van der Waals surface area contributed by atoms with Gasteiger partial charge in [0, 0.05) is 12.6 Å². The first-order chi connectivity index (χ1) is 13.9. The highest BCUT2D eigenvalue weighted by atomic mass is 35.5. The smallest absolute Gasteiger partial charge is 0.329 e. The van der Waals surface area contributed by atoms with Gasteiger partial charge in [-0.2, -0.15) is 0 Å². The molecule has 1 saturated heterocycles. The second kappa shape index (κ2) is 7.81. The lowest BCUT2D eigenvalue weighted by molar-refractivity contribution is 0.0940. The molecule has 1 aromatic heterocycles. The number of benzene rings is 2. The van der Waals surface area contributed by atoms with E-state index in [9.17, 15) is 18.8 Å². The van der Waals surface area contributed by atoms with Crippen molar-refractivity contribution in [3.8, 4) is 0 Å². The summed E-state index contributed by atoms with van der Waals surface area (Å²) in [5, 5.41) is 6.49. The summed E-state index contributed by atoms with van der Waals surface area (Å²) in [6, 6.07) is 8.61. The number of aromatic amines is 1. The molecule has 0 saturated carbocycles. The fraction of sp³-hybridized carbons (Fsp3) is 0.250. The van der Waals surface area contributed by atoms with E-state index in [0.29, 0.717) is 28.2 Å². The summed E-state index contributed by atoms with van der Waals surface area (Å²) in [4.78, 5) is 39.2. The van der Waals surface area contributed by atoms with Gasteiger partial charge in [0.25, 0.3) is 11.5 Å². The lowest BCUT2D eigenvalue weighted by Crippen LogP contribution is -2.36. The number of H-pyrrole nitrogens is 1. The number of rotatable bonds is 4. The summed E-state index contributed by atoms with van der Waals surface area (Å²) in [5.74, 6) is -0.855. The number of aromatic nitrogens is 2. The Kier molecular flexibility index (Phi) is 5.21. The third kappa shape index (κ3) is 3.94. The molecule has 9 heteroatoms. The van der Waals surface area contributed by atoms with Crippen molar-refractivity contribution in [2.45, 2.75) is 19.0 Å². The fourth-order valence-corrected chi connectivity index (χ4v) is 3.70. The van der Waals surface area contributed by atoms with Crippen LogP contribution in [-0.2, 0) is 6.54 Å². The molecule has 0 spiro atoms. The van der Waals surface area contributed by atoms with Crippen molar-refractivity contribution in [1.29, 1.82) is 0 Å². The fourth-order valence-electron chi connectivity index (χ4n) is 3.49. The highest BCUT2D eigenvalue weighted by Crippen LogP contribution is 2.20. The first-order valence-electron chi connectivity index (χ1n) is 9.15. The molecule has 0 bridgehead atoms. The Morgan fingerprint density at radius 2 is 2.07 bits per heavy atom. The molecular formula is C20H18ClFN4O3. The van der Waals surface area contributed by atoms with Crippen LogP contribution in [0.25, 0.3) is 10.9 Å². The zero-order valence-electron chi connectivity index (χ0n) is 15.3. The van der Waals surface area contributed by atoms with Crippen LogP contribution < -0.4 is 21.9 Å². The van der Waals surface area contributed by atoms with Crippen LogP contribution in [0.3, 0.4) is 0 Å². The molecule has 3 N–H and O–H groups in total. The average Bonchev–Trinajstić information content (AvgIpc) is 3.19. The average molecular weight is 417 g/mol. The van der Waals surface area contributed by atoms with E-state index in [-0.39, 0.29) is 23.9 Å². The third-order valence-corrected chi connectivity index (χ3v) is 5.30. The van der Waals surface area contributed by atoms with Crippen LogP contribution >= 0.6 is 11.6 Å². The molecule has 3 aromatic rings. The highest BCUT2D eigenvalue weighted by Gasteiger charge is 2.19. The van der Waals surface area contributed by atoms with Crippen molar-refractivity contribution in [2.75, 3.05) is 13.1 Å². The van der Waals surface area contributed by atoms with Crippen LogP contribution in [0.15, 0.2) is 46.0 Å². The minimum Gasteiger partial charge on any atom is -0.348 e. The highest BCUT2D eigenvalue weighted by molar-refractivity contribution is 6.33. The van der Waals surface area contributed by atoms with Gasteiger partial charge in [0.2, 0.25) is 0 Å². The Bertz CT molecular complexity index is 1210. The number of nitrogens with zero attached hydrogens (tertiary/aromatic N) is 1. The predicted octanol–water partition coefficient (Wildman–Crippen LogP) is 1.62. The van der Waals surface area contributed by atoms with E-state index in [2.05, 4.69) is 15.6 Å². The van der Waals surface area contributed by atoms with Gasteiger partial charge in [0.05, 0.1) is 28.0 Å². The number of carbonyl (C=O) groups is 1. The molecule has 4 rings (SSSR count). The molecule has 150 valence electrons. The van der Waals surface area contributed by atoms with E-state index < -0.39 is 17.1 Å². The lowest BCUT2D eigenvalue weighted by atomic mass is 10.1.